The number of hydrogen-bond donors (Lipinski definition) is 2. The number of piperidine rings is 1. The maximum Gasteiger partial charge on any atom is 0.323 e. The van der Waals surface area contributed by atoms with Gasteiger partial charge in [-0.25, -0.2) is 13.1 Å². The predicted molar refractivity (Wildman–Crippen MR) is 68.9 cm³/mol. The topological polar surface area (TPSA) is 86.7 Å². The number of nitrogens with one attached hydrogen (secondary N) is 1. The van der Waals surface area contributed by atoms with E-state index in [4.69, 9.17) is 5.11 Å². The van der Waals surface area contributed by atoms with Crippen LogP contribution in [0.1, 0.15) is 26.2 Å². The van der Waals surface area contributed by atoms with Crippen molar-refractivity contribution >= 4 is 16.0 Å². The molecule has 1 aliphatic heterocycles. The summed E-state index contributed by atoms with van der Waals surface area (Å²) in [6.07, 6.45) is 2.93. The number of sulfonamides is 1. The van der Waals surface area contributed by atoms with Crippen molar-refractivity contribution in [2.75, 3.05) is 26.7 Å². The van der Waals surface area contributed by atoms with Gasteiger partial charge in [-0.3, -0.25) is 4.79 Å². The second kappa shape index (κ2) is 6.49. The van der Waals surface area contributed by atoms with Crippen LogP contribution in [-0.4, -0.2) is 56.3 Å². The second-order valence-corrected chi connectivity index (χ2v) is 7.04. The first-order valence-corrected chi connectivity index (χ1v) is 7.77. The van der Waals surface area contributed by atoms with Gasteiger partial charge in [0.05, 0.1) is 0 Å². The van der Waals surface area contributed by atoms with E-state index in [1.54, 1.807) is 0 Å². The molecule has 0 spiro atoms. The van der Waals surface area contributed by atoms with Crippen LogP contribution in [0.15, 0.2) is 0 Å². The van der Waals surface area contributed by atoms with Crippen molar-refractivity contribution < 1.29 is 18.3 Å². The molecule has 0 radical (unpaired) electrons. The molecule has 7 heteroatoms. The highest BCUT2D eigenvalue weighted by atomic mass is 32.2. The summed E-state index contributed by atoms with van der Waals surface area (Å²) in [7, 11) is -1.65. The molecule has 0 amide bonds. The highest BCUT2D eigenvalue weighted by Crippen LogP contribution is 2.18. The van der Waals surface area contributed by atoms with Crippen LogP contribution < -0.4 is 4.72 Å². The molecule has 0 bridgehead atoms. The highest BCUT2D eigenvalue weighted by Gasteiger charge is 2.27. The summed E-state index contributed by atoms with van der Waals surface area (Å²) in [5, 5.41) is 7.28. The van der Waals surface area contributed by atoms with Gasteiger partial charge in [-0.2, -0.15) is 0 Å². The van der Waals surface area contributed by atoms with Crippen molar-refractivity contribution in [3.05, 3.63) is 0 Å². The minimum atomic E-state index is -3.73. The zero-order valence-electron chi connectivity index (χ0n) is 10.9. The zero-order chi connectivity index (χ0) is 13.8. The van der Waals surface area contributed by atoms with Gasteiger partial charge in [0.25, 0.3) is 0 Å². The third-order valence-corrected chi connectivity index (χ3v) is 5.25. The maximum absolute atomic E-state index is 11.6. The molecule has 2 N–H and O–H groups in total. The van der Waals surface area contributed by atoms with Crippen molar-refractivity contribution in [2.45, 2.75) is 31.4 Å². The molecule has 0 aliphatic carbocycles. The Kier molecular flexibility index (Phi) is 5.55. The Morgan fingerprint density at radius 3 is 2.50 bits per heavy atom. The Hall–Kier alpha value is -0.660. The molecule has 0 saturated carbocycles. The Balaban J connectivity index is 2.31. The van der Waals surface area contributed by atoms with Crippen LogP contribution in [-0.2, 0) is 14.8 Å². The van der Waals surface area contributed by atoms with Crippen molar-refractivity contribution in [1.82, 2.24) is 9.62 Å². The molecule has 1 heterocycles. The molecule has 18 heavy (non-hydrogen) atoms. The summed E-state index contributed by atoms with van der Waals surface area (Å²) in [6, 6.07) is 0. The summed E-state index contributed by atoms with van der Waals surface area (Å²) in [5.41, 5.74) is 0. The fourth-order valence-electron chi connectivity index (χ4n) is 2.01. The normalized spacial score (nSPS) is 20.8. The Labute approximate surface area is 108 Å². The number of rotatable bonds is 6. The van der Waals surface area contributed by atoms with Crippen LogP contribution in [0.25, 0.3) is 0 Å². The van der Waals surface area contributed by atoms with Crippen molar-refractivity contribution in [1.29, 1.82) is 0 Å². The lowest BCUT2D eigenvalue weighted by molar-refractivity contribution is -0.136. The van der Waals surface area contributed by atoms with E-state index in [1.165, 1.54) is 6.92 Å². The Morgan fingerprint density at radius 2 is 2.00 bits per heavy atom. The number of likely N-dealkylation sites (tertiary alicyclic amines) is 1. The first-order valence-electron chi connectivity index (χ1n) is 6.22. The van der Waals surface area contributed by atoms with Gasteiger partial charge in [0, 0.05) is 6.54 Å². The van der Waals surface area contributed by atoms with Gasteiger partial charge in [-0.15, -0.1) is 0 Å². The zero-order valence-corrected chi connectivity index (χ0v) is 11.7. The summed E-state index contributed by atoms with van der Waals surface area (Å²) >= 11 is 0. The minimum Gasteiger partial charge on any atom is -0.480 e. The van der Waals surface area contributed by atoms with Gasteiger partial charge in [0.2, 0.25) is 10.0 Å². The number of carboxylic acid groups (broad SMARTS) is 1. The smallest absolute Gasteiger partial charge is 0.323 e. The van der Waals surface area contributed by atoms with E-state index in [1.807, 2.05) is 0 Å². The lowest BCUT2D eigenvalue weighted by Gasteiger charge is -2.28. The van der Waals surface area contributed by atoms with Gasteiger partial charge in [0.15, 0.2) is 5.25 Å². The van der Waals surface area contributed by atoms with Crippen molar-refractivity contribution in [3.63, 3.8) is 0 Å². The quantitative estimate of drug-likeness (QED) is 0.720. The third kappa shape index (κ3) is 4.55. The van der Waals surface area contributed by atoms with E-state index in [0.717, 1.165) is 32.4 Å². The first-order chi connectivity index (χ1) is 8.33. The van der Waals surface area contributed by atoms with Crippen molar-refractivity contribution in [3.8, 4) is 0 Å². The number of hydrogen-bond acceptors (Lipinski definition) is 4. The standard InChI is InChI=1S/C11H22N2O4S/c1-9(11(14)15)18(16,17)12-6-3-10-4-7-13(2)8-5-10/h9-10,12H,3-8H2,1-2H3,(H,14,15). The third-order valence-electron chi connectivity index (χ3n) is 3.51. The van der Waals surface area contributed by atoms with Crippen molar-refractivity contribution in [2.24, 2.45) is 5.92 Å². The molecule has 106 valence electrons. The molecule has 0 aromatic rings. The number of carbonyl (C=O) groups is 1. The molecule has 1 fully saturated rings. The minimum absolute atomic E-state index is 0.328. The Bertz CT molecular complexity index is 375. The summed E-state index contributed by atoms with van der Waals surface area (Å²) < 4.78 is 25.5. The molecule has 1 unspecified atom stereocenters. The second-order valence-electron chi connectivity index (χ2n) is 4.96. The van der Waals surface area contributed by atoms with E-state index >= 15 is 0 Å². The monoisotopic (exact) mass is 278 g/mol. The highest BCUT2D eigenvalue weighted by molar-refractivity contribution is 7.90. The van der Waals surface area contributed by atoms with E-state index in [0.29, 0.717) is 12.5 Å². The number of carboxylic acids is 1. The van der Waals surface area contributed by atoms with Gasteiger partial charge in [-0.05, 0) is 52.2 Å². The fraction of sp³-hybridized carbons (Fsp3) is 0.909. The molecule has 1 rings (SSSR count). The molecule has 1 saturated heterocycles. The summed E-state index contributed by atoms with van der Waals surface area (Å²) in [5.74, 6) is -0.786. The van der Waals surface area contributed by atoms with E-state index in [9.17, 15) is 13.2 Å². The maximum atomic E-state index is 11.6. The van der Waals surface area contributed by atoms with Crippen LogP contribution in [0.4, 0.5) is 0 Å². The predicted octanol–water partition coefficient (Wildman–Crippen LogP) is 0.111. The molecular formula is C11H22N2O4S. The SMILES string of the molecule is CC(C(=O)O)S(=O)(=O)NCCC1CCN(C)CC1. The molecule has 0 aromatic heterocycles. The summed E-state index contributed by atoms with van der Waals surface area (Å²) in [6.45, 7) is 3.60. The molecule has 6 nitrogen and oxygen atoms in total. The van der Waals surface area contributed by atoms with Gasteiger partial charge >= 0.3 is 5.97 Å². The average molecular weight is 278 g/mol. The average Bonchev–Trinajstić information content (AvgIpc) is 2.30. The van der Waals surface area contributed by atoms with Gasteiger partial charge in [-0.1, -0.05) is 0 Å². The van der Waals surface area contributed by atoms with Crippen LogP contribution >= 0.6 is 0 Å². The molecular weight excluding hydrogens is 256 g/mol. The lowest BCUT2D eigenvalue weighted by Crippen LogP contribution is -2.39. The first kappa shape index (κ1) is 15.4. The fourth-order valence-corrected chi connectivity index (χ4v) is 2.93. The van der Waals surface area contributed by atoms with E-state index in [-0.39, 0.29) is 0 Å². The Morgan fingerprint density at radius 1 is 1.44 bits per heavy atom. The van der Waals surface area contributed by atoms with Crippen LogP contribution in [0.2, 0.25) is 0 Å². The van der Waals surface area contributed by atoms with Crippen LogP contribution in [0.3, 0.4) is 0 Å². The molecule has 1 aliphatic rings. The van der Waals surface area contributed by atoms with Crippen LogP contribution in [0, 0.1) is 5.92 Å². The van der Waals surface area contributed by atoms with Gasteiger partial charge < -0.3 is 10.0 Å². The number of nitrogens with zero attached hydrogens (tertiary/aromatic N) is 1. The van der Waals surface area contributed by atoms with E-state index < -0.39 is 21.2 Å². The lowest BCUT2D eigenvalue weighted by atomic mass is 9.94. The molecule has 0 aromatic carbocycles. The number of aliphatic carboxylic acids is 1. The van der Waals surface area contributed by atoms with Crippen LogP contribution in [0.5, 0.6) is 0 Å². The van der Waals surface area contributed by atoms with Gasteiger partial charge in [0.1, 0.15) is 0 Å². The van der Waals surface area contributed by atoms with E-state index in [2.05, 4.69) is 16.7 Å². The molecule has 1 atom stereocenters. The largest absolute Gasteiger partial charge is 0.480 e. The summed E-state index contributed by atoms with van der Waals surface area (Å²) in [4.78, 5) is 12.9.